The molecule has 29 heavy (non-hydrogen) atoms. The van der Waals surface area contributed by atoms with Crippen LogP contribution in [0.15, 0.2) is 41.8 Å². The molecule has 1 saturated heterocycles. The van der Waals surface area contributed by atoms with Crippen LogP contribution in [-0.2, 0) is 11.2 Å². The molecule has 0 spiro atoms. The first-order chi connectivity index (χ1) is 13.9. The van der Waals surface area contributed by atoms with E-state index in [4.69, 9.17) is 0 Å². The Labute approximate surface area is 174 Å². The maximum atomic E-state index is 14.3. The summed E-state index contributed by atoms with van der Waals surface area (Å²) in [6.07, 6.45) is 6.11. The van der Waals surface area contributed by atoms with Crippen LogP contribution in [0.2, 0.25) is 0 Å². The summed E-state index contributed by atoms with van der Waals surface area (Å²) in [5.41, 5.74) is 1.15. The molecule has 1 fully saturated rings. The monoisotopic (exact) mass is 421 g/mol. The van der Waals surface area contributed by atoms with Gasteiger partial charge >= 0.3 is 0 Å². The Morgan fingerprint density at radius 3 is 2.86 bits per heavy atom. The van der Waals surface area contributed by atoms with E-state index in [9.17, 15) is 19.1 Å². The van der Waals surface area contributed by atoms with Crippen molar-refractivity contribution < 1.29 is 19.1 Å². The Balaban J connectivity index is 1.78. The number of aliphatic hydroxyl groups is 1. The number of likely N-dealkylation sites (tertiary alicyclic amines) is 1. The molecule has 158 valence electrons. The highest BCUT2D eigenvalue weighted by Gasteiger charge is 2.22. The highest BCUT2D eigenvalue weighted by atomic mass is 32.1. The van der Waals surface area contributed by atoms with Gasteiger partial charge in [-0.05, 0) is 25.8 Å². The van der Waals surface area contributed by atoms with Crippen LogP contribution in [0.4, 0.5) is 4.39 Å². The van der Waals surface area contributed by atoms with Crippen molar-refractivity contribution in [2.75, 3.05) is 19.6 Å². The first kappa shape index (κ1) is 23.0. The molecule has 1 aliphatic rings. The summed E-state index contributed by atoms with van der Waals surface area (Å²) in [6, 6.07) is 0. The van der Waals surface area contributed by atoms with Gasteiger partial charge < -0.3 is 15.3 Å². The fourth-order valence-electron chi connectivity index (χ4n) is 3.02. The minimum absolute atomic E-state index is 0.0482. The van der Waals surface area contributed by atoms with Crippen molar-refractivity contribution >= 4 is 23.2 Å². The number of carbonyl (C=O) groups excluding carboxylic acids is 2. The number of aliphatic hydroxyl groups excluding tert-OH is 1. The van der Waals surface area contributed by atoms with Crippen molar-refractivity contribution in [2.45, 2.75) is 44.9 Å². The molecule has 2 unspecified atom stereocenters. The number of rotatable bonds is 10. The topological polar surface area (TPSA) is 82.5 Å². The molecule has 2 heterocycles. The molecule has 2 rings (SSSR count). The lowest BCUT2D eigenvalue weighted by Gasteiger charge is -2.13. The summed E-state index contributed by atoms with van der Waals surface area (Å²) in [7, 11) is 0. The van der Waals surface area contributed by atoms with Gasteiger partial charge in [-0.25, -0.2) is 9.37 Å². The van der Waals surface area contributed by atoms with Gasteiger partial charge in [0.05, 0.1) is 11.1 Å². The van der Waals surface area contributed by atoms with Crippen molar-refractivity contribution in [3.63, 3.8) is 0 Å². The normalized spacial score (nSPS) is 16.8. The second-order valence-electron chi connectivity index (χ2n) is 6.99. The molecule has 1 aliphatic heterocycles. The Hall–Kier alpha value is -2.32. The number of allylic oxidation sites excluding steroid dienone is 2. The van der Waals surface area contributed by atoms with E-state index in [-0.39, 0.29) is 24.7 Å². The maximum absolute atomic E-state index is 14.3. The van der Waals surface area contributed by atoms with Gasteiger partial charge in [0.2, 0.25) is 5.91 Å². The van der Waals surface area contributed by atoms with E-state index in [0.29, 0.717) is 17.2 Å². The van der Waals surface area contributed by atoms with Crippen molar-refractivity contribution in [3.8, 4) is 0 Å². The fraction of sp³-hybridized carbons (Fsp3) is 0.476. The standard InChI is InChI=1S/C21H28FN3O3S/c1-3-19(27)23-8-6-7-15(2)11-17(26)12-16(22)13-20-24-18(14-29-20)21(28)25-9-4-5-10-25/h3,6-7,11,14,16-17,26H,1,4-5,8-10,12-13H2,2H3,(H,23,27)/b7-6+,15-11+. The Morgan fingerprint density at radius 1 is 1.45 bits per heavy atom. The van der Waals surface area contributed by atoms with Crippen molar-refractivity contribution in [1.29, 1.82) is 0 Å². The van der Waals surface area contributed by atoms with Crippen LogP contribution in [0.25, 0.3) is 0 Å². The van der Waals surface area contributed by atoms with Gasteiger partial charge in [0.1, 0.15) is 11.9 Å². The van der Waals surface area contributed by atoms with E-state index < -0.39 is 12.3 Å². The molecule has 8 heteroatoms. The average molecular weight is 422 g/mol. The molecule has 1 aromatic rings. The van der Waals surface area contributed by atoms with Gasteiger partial charge in [0.25, 0.3) is 5.91 Å². The molecule has 2 N–H and O–H groups in total. The number of thiazole rings is 1. The number of hydrogen-bond donors (Lipinski definition) is 2. The molecular formula is C21H28FN3O3S. The minimum atomic E-state index is -1.26. The first-order valence-electron chi connectivity index (χ1n) is 9.70. The zero-order valence-corrected chi connectivity index (χ0v) is 17.5. The fourth-order valence-corrected chi connectivity index (χ4v) is 3.85. The quantitative estimate of drug-likeness (QED) is 0.450. The van der Waals surface area contributed by atoms with Gasteiger partial charge in [-0.1, -0.05) is 30.4 Å². The van der Waals surface area contributed by atoms with E-state index in [2.05, 4.69) is 16.9 Å². The second-order valence-corrected chi connectivity index (χ2v) is 7.94. The number of hydrogen-bond acceptors (Lipinski definition) is 5. The largest absolute Gasteiger partial charge is 0.389 e. The predicted octanol–water partition coefficient (Wildman–Crippen LogP) is 2.82. The SMILES string of the molecule is C=CC(=O)NC/C=C/C(C)=C/C(O)CC(F)Cc1nc(C(=O)N2CCCC2)cs1. The van der Waals surface area contributed by atoms with Gasteiger partial charge in [0, 0.05) is 37.9 Å². The summed E-state index contributed by atoms with van der Waals surface area (Å²) >= 11 is 1.28. The van der Waals surface area contributed by atoms with Gasteiger partial charge in [-0.2, -0.15) is 0 Å². The smallest absolute Gasteiger partial charge is 0.273 e. The van der Waals surface area contributed by atoms with E-state index in [1.165, 1.54) is 17.4 Å². The van der Waals surface area contributed by atoms with Crippen LogP contribution in [0, 0.1) is 0 Å². The van der Waals surface area contributed by atoms with Crippen LogP contribution < -0.4 is 5.32 Å². The van der Waals surface area contributed by atoms with Gasteiger partial charge in [0.15, 0.2) is 0 Å². The van der Waals surface area contributed by atoms with Gasteiger partial charge in [-0.3, -0.25) is 9.59 Å². The highest BCUT2D eigenvalue weighted by Crippen LogP contribution is 2.19. The van der Waals surface area contributed by atoms with Crippen LogP contribution in [0.5, 0.6) is 0 Å². The number of amides is 2. The molecule has 0 saturated carbocycles. The molecule has 0 aromatic carbocycles. The van der Waals surface area contributed by atoms with Gasteiger partial charge in [-0.15, -0.1) is 11.3 Å². The number of alkyl halides is 1. The Kier molecular flexibility index (Phi) is 9.21. The summed E-state index contributed by atoms with van der Waals surface area (Å²) < 4.78 is 14.3. The third-order valence-electron chi connectivity index (χ3n) is 4.47. The highest BCUT2D eigenvalue weighted by molar-refractivity contribution is 7.09. The number of nitrogens with zero attached hydrogens (tertiary/aromatic N) is 2. The van der Waals surface area contributed by atoms with Crippen molar-refractivity contribution in [1.82, 2.24) is 15.2 Å². The first-order valence-corrected chi connectivity index (χ1v) is 10.6. The zero-order valence-electron chi connectivity index (χ0n) is 16.6. The lowest BCUT2D eigenvalue weighted by Crippen LogP contribution is -2.27. The average Bonchev–Trinajstić information content (AvgIpc) is 3.36. The van der Waals surface area contributed by atoms with E-state index >= 15 is 0 Å². The van der Waals surface area contributed by atoms with E-state index in [0.717, 1.165) is 31.5 Å². The lowest BCUT2D eigenvalue weighted by atomic mass is 10.1. The van der Waals surface area contributed by atoms with Crippen molar-refractivity contribution in [2.24, 2.45) is 0 Å². The Bertz CT molecular complexity index is 769. The summed E-state index contributed by atoms with van der Waals surface area (Å²) in [5.74, 6) is -0.348. The molecular weight excluding hydrogens is 393 g/mol. The third kappa shape index (κ3) is 7.91. The molecule has 0 bridgehead atoms. The predicted molar refractivity (Wildman–Crippen MR) is 113 cm³/mol. The molecule has 2 amide bonds. The van der Waals surface area contributed by atoms with Crippen LogP contribution in [0.1, 0.15) is 41.7 Å². The molecule has 6 nitrogen and oxygen atoms in total. The molecule has 1 aromatic heterocycles. The van der Waals surface area contributed by atoms with E-state index in [1.807, 2.05) is 0 Å². The number of aromatic nitrogens is 1. The second kappa shape index (κ2) is 11.6. The minimum Gasteiger partial charge on any atom is -0.389 e. The van der Waals surface area contributed by atoms with Crippen LogP contribution in [0.3, 0.4) is 0 Å². The molecule has 0 radical (unpaired) electrons. The summed E-state index contributed by atoms with van der Waals surface area (Å²) in [6.45, 7) is 7.01. The lowest BCUT2D eigenvalue weighted by molar-refractivity contribution is -0.116. The zero-order chi connectivity index (χ0) is 21.2. The Morgan fingerprint density at radius 2 is 2.17 bits per heavy atom. The van der Waals surface area contributed by atoms with E-state index in [1.54, 1.807) is 35.4 Å². The number of halogens is 1. The number of nitrogens with one attached hydrogen (secondary N) is 1. The molecule has 2 atom stereocenters. The third-order valence-corrected chi connectivity index (χ3v) is 5.34. The van der Waals surface area contributed by atoms with Crippen LogP contribution in [-0.4, -0.2) is 58.7 Å². The summed E-state index contributed by atoms with van der Waals surface area (Å²) in [4.78, 5) is 29.4. The summed E-state index contributed by atoms with van der Waals surface area (Å²) in [5, 5.41) is 14.9. The maximum Gasteiger partial charge on any atom is 0.273 e. The molecule has 0 aliphatic carbocycles. The van der Waals surface area contributed by atoms with Crippen LogP contribution >= 0.6 is 11.3 Å². The number of carbonyl (C=O) groups is 2. The van der Waals surface area contributed by atoms with Crippen molar-refractivity contribution in [3.05, 3.63) is 52.5 Å².